The summed E-state index contributed by atoms with van der Waals surface area (Å²) in [5, 5.41) is 12.5. The van der Waals surface area contributed by atoms with E-state index in [1.54, 1.807) is 0 Å². The van der Waals surface area contributed by atoms with Gasteiger partial charge in [-0.15, -0.1) is 5.10 Å². The number of amides is 3. The van der Waals surface area contributed by atoms with E-state index in [2.05, 4.69) is 25.8 Å². The molecule has 0 fully saturated rings. The molecular weight excluding hydrogens is 386 g/mol. The number of H-pyrrole nitrogens is 1. The van der Waals surface area contributed by atoms with Gasteiger partial charge in [0.15, 0.2) is 0 Å². The Bertz CT molecular complexity index is 957. The van der Waals surface area contributed by atoms with Crippen molar-refractivity contribution < 1.29 is 9.59 Å². The number of hydrogen-bond acceptors (Lipinski definition) is 5. The maximum atomic E-state index is 11.9. The summed E-state index contributed by atoms with van der Waals surface area (Å²) in [5.41, 5.74) is 2.03. The van der Waals surface area contributed by atoms with Crippen molar-refractivity contribution in [2.24, 2.45) is 0 Å². The van der Waals surface area contributed by atoms with Crippen LogP contribution >= 0.6 is 11.8 Å². The molecule has 0 radical (unpaired) electrons. The minimum absolute atomic E-state index is 0.188. The lowest BCUT2D eigenvalue weighted by Gasteiger charge is -2.06. The van der Waals surface area contributed by atoms with E-state index < -0.39 is 6.03 Å². The number of rotatable bonds is 8. The van der Waals surface area contributed by atoms with E-state index in [-0.39, 0.29) is 12.3 Å². The monoisotopic (exact) mass is 407 g/mol. The number of carbonyl (C=O) groups excluding carboxylic acids is 2. The van der Waals surface area contributed by atoms with E-state index in [1.165, 1.54) is 11.8 Å². The highest BCUT2D eigenvalue weighted by Gasteiger charge is 2.09. The van der Waals surface area contributed by atoms with Crippen LogP contribution in [-0.2, 0) is 11.3 Å². The first kappa shape index (κ1) is 20.3. The number of carbonyl (C=O) groups is 2. The molecule has 3 aromatic rings. The van der Waals surface area contributed by atoms with Gasteiger partial charge in [-0.1, -0.05) is 78.5 Å². The molecule has 0 unspecified atom stereocenters. The summed E-state index contributed by atoms with van der Waals surface area (Å²) >= 11 is 1.35. The second kappa shape index (κ2) is 10.8. The first-order valence-corrected chi connectivity index (χ1v) is 10.1. The van der Waals surface area contributed by atoms with Crippen LogP contribution in [0, 0.1) is 0 Å². The second-order valence-corrected chi connectivity index (χ2v) is 7.12. The quantitative estimate of drug-likeness (QED) is 0.497. The van der Waals surface area contributed by atoms with Crippen LogP contribution in [0.5, 0.6) is 0 Å². The summed E-state index contributed by atoms with van der Waals surface area (Å²) < 4.78 is 0. The number of hydrogen-bond donors (Lipinski definition) is 3. The van der Waals surface area contributed by atoms with Crippen LogP contribution in [0.15, 0.2) is 65.8 Å². The van der Waals surface area contributed by atoms with Crippen molar-refractivity contribution in [2.45, 2.75) is 18.1 Å². The predicted molar refractivity (Wildman–Crippen MR) is 114 cm³/mol. The SMILES string of the molecule is O=C(CCSc1n[nH]c(/C=C/c2ccccc2)n1)NC(=O)NCc1ccccc1. The molecule has 0 saturated carbocycles. The Labute approximate surface area is 173 Å². The first-order valence-electron chi connectivity index (χ1n) is 9.09. The van der Waals surface area contributed by atoms with Crippen molar-refractivity contribution in [3.8, 4) is 0 Å². The number of nitrogens with zero attached hydrogens (tertiary/aromatic N) is 2. The Morgan fingerprint density at radius 2 is 1.72 bits per heavy atom. The molecule has 1 aromatic heterocycles. The lowest BCUT2D eigenvalue weighted by molar-refractivity contribution is -0.119. The fraction of sp³-hybridized carbons (Fsp3) is 0.143. The molecule has 148 valence electrons. The smallest absolute Gasteiger partial charge is 0.321 e. The third-order valence-corrected chi connectivity index (χ3v) is 4.67. The molecule has 0 aliphatic rings. The van der Waals surface area contributed by atoms with Gasteiger partial charge in [-0.3, -0.25) is 15.2 Å². The number of thioether (sulfide) groups is 1. The van der Waals surface area contributed by atoms with E-state index in [0.29, 0.717) is 23.3 Å². The van der Waals surface area contributed by atoms with Crippen LogP contribution < -0.4 is 10.6 Å². The lowest BCUT2D eigenvalue weighted by atomic mass is 10.2. The highest BCUT2D eigenvalue weighted by Crippen LogP contribution is 2.14. The van der Waals surface area contributed by atoms with E-state index in [9.17, 15) is 9.59 Å². The van der Waals surface area contributed by atoms with Gasteiger partial charge in [-0.25, -0.2) is 9.78 Å². The minimum atomic E-state index is -0.505. The van der Waals surface area contributed by atoms with Crippen molar-refractivity contribution in [3.05, 3.63) is 77.6 Å². The van der Waals surface area contributed by atoms with E-state index in [1.807, 2.05) is 72.8 Å². The topological polar surface area (TPSA) is 99.8 Å². The van der Waals surface area contributed by atoms with Crippen LogP contribution in [0.3, 0.4) is 0 Å². The molecule has 3 N–H and O–H groups in total. The molecular formula is C21H21N5O2S. The van der Waals surface area contributed by atoms with Gasteiger partial charge < -0.3 is 5.32 Å². The molecule has 0 saturated heterocycles. The fourth-order valence-electron chi connectivity index (χ4n) is 2.38. The van der Waals surface area contributed by atoms with E-state index in [0.717, 1.165) is 11.1 Å². The number of aromatic nitrogens is 3. The number of benzene rings is 2. The molecule has 7 nitrogen and oxygen atoms in total. The Kier molecular flexibility index (Phi) is 7.59. The zero-order chi connectivity index (χ0) is 20.3. The van der Waals surface area contributed by atoms with E-state index in [4.69, 9.17) is 0 Å². The fourth-order valence-corrected chi connectivity index (χ4v) is 3.13. The summed E-state index contributed by atoms with van der Waals surface area (Å²) in [4.78, 5) is 28.0. The van der Waals surface area contributed by atoms with Gasteiger partial charge in [-0.05, 0) is 17.2 Å². The molecule has 8 heteroatoms. The van der Waals surface area contributed by atoms with Crippen LogP contribution in [0.25, 0.3) is 12.2 Å². The molecule has 0 atom stereocenters. The zero-order valence-electron chi connectivity index (χ0n) is 15.7. The number of aromatic amines is 1. The zero-order valence-corrected chi connectivity index (χ0v) is 16.5. The Morgan fingerprint density at radius 3 is 2.48 bits per heavy atom. The summed E-state index contributed by atoms with van der Waals surface area (Å²) in [6, 6.07) is 18.9. The van der Waals surface area contributed by atoms with Crippen molar-refractivity contribution >= 4 is 35.9 Å². The molecule has 2 aromatic carbocycles. The Hall–Kier alpha value is -3.39. The third-order valence-electron chi connectivity index (χ3n) is 3.82. The predicted octanol–water partition coefficient (Wildman–Crippen LogP) is 3.48. The maximum Gasteiger partial charge on any atom is 0.321 e. The molecule has 3 amide bonds. The molecule has 1 heterocycles. The summed E-state index contributed by atoms with van der Waals surface area (Å²) in [7, 11) is 0. The van der Waals surface area contributed by atoms with Crippen LogP contribution in [0.4, 0.5) is 4.79 Å². The van der Waals surface area contributed by atoms with Gasteiger partial charge in [0.1, 0.15) is 5.82 Å². The van der Waals surface area contributed by atoms with Gasteiger partial charge in [0.25, 0.3) is 0 Å². The number of imide groups is 1. The van der Waals surface area contributed by atoms with Crippen LogP contribution in [-0.4, -0.2) is 32.9 Å². The molecule has 0 aliphatic carbocycles. The van der Waals surface area contributed by atoms with Crippen molar-refractivity contribution in [3.63, 3.8) is 0 Å². The lowest BCUT2D eigenvalue weighted by Crippen LogP contribution is -2.39. The molecule has 3 rings (SSSR count). The molecule has 0 aliphatic heterocycles. The summed E-state index contributed by atoms with van der Waals surface area (Å²) in [6.45, 7) is 0.366. The third kappa shape index (κ3) is 7.27. The van der Waals surface area contributed by atoms with Crippen LogP contribution in [0.2, 0.25) is 0 Å². The number of urea groups is 1. The largest absolute Gasteiger partial charge is 0.334 e. The Balaban J connectivity index is 1.35. The molecule has 0 bridgehead atoms. The second-order valence-electron chi connectivity index (χ2n) is 6.06. The van der Waals surface area contributed by atoms with Gasteiger partial charge in [0.2, 0.25) is 11.1 Å². The Morgan fingerprint density at radius 1 is 1.00 bits per heavy atom. The van der Waals surface area contributed by atoms with Crippen molar-refractivity contribution in [2.75, 3.05) is 5.75 Å². The van der Waals surface area contributed by atoms with E-state index >= 15 is 0 Å². The maximum absolute atomic E-state index is 11.9. The van der Waals surface area contributed by atoms with Gasteiger partial charge >= 0.3 is 6.03 Å². The average Bonchev–Trinajstić information content (AvgIpc) is 3.20. The van der Waals surface area contributed by atoms with Gasteiger partial charge in [0.05, 0.1) is 0 Å². The summed E-state index contributed by atoms with van der Waals surface area (Å²) in [5.74, 6) is 0.765. The molecule has 0 spiro atoms. The first-order chi connectivity index (χ1) is 14.2. The van der Waals surface area contributed by atoms with Gasteiger partial charge in [0, 0.05) is 18.7 Å². The standard InChI is InChI=1S/C21H21N5O2S/c27-19(24-20(28)22-15-17-9-5-2-6-10-17)13-14-29-21-23-18(25-26-21)12-11-16-7-3-1-4-8-16/h1-12H,13-15H2,(H,23,25,26)(H2,22,24,27,28)/b12-11+. The molecule has 29 heavy (non-hydrogen) atoms. The highest BCUT2D eigenvalue weighted by molar-refractivity contribution is 7.99. The highest BCUT2D eigenvalue weighted by atomic mass is 32.2. The number of nitrogens with one attached hydrogen (secondary N) is 3. The summed E-state index contributed by atoms with van der Waals surface area (Å²) in [6.07, 6.45) is 3.97. The van der Waals surface area contributed by atoms with Crippen molar-refractivity contribution in [1.29, 1.82) is 0 Å². The van der Waals surface area contributed by atoms with Crippen molar-refractivity contribution in [1.82, 2.24) is 25.8 Å². The normalized spacial score (nSPS) is 10.8. The average molecular weight is 407 g/mol. The minimum Gasteiger partial charge on any atom is -0.334 e. The van der Waals surface area contributed by atoms with Crippen LogP contribution in [0.1, 0.15) is 23.4 Å². The van der Waals surface area contributed by atoms with Gasteiger partial charge in [-0.2, -0.15) is 0 Å².